The molecule has 0 aliphatic carbocycles. The molecule has 2 atom stereocenters. The Morgan fingerprint density at radius 2 is 2.08 bits per heavy atom. The summed E-state index contributed by atoms with van der Waals surface area (Å²) in [6.45, 7) is 0. The van der Waals surface area contributed by atoms with Gasteiger partial charge in [-0.3, -0.25) is 19.7 Å². The molecule has 0 radical (unpaired) electrons. The molecule has 1 aromatic rings. The summed E-state index contributed by atoms with van der Waals surface area (Å²) in [5.41, 5.74) is 0.567. The van der Waals surface area contributed by atoms with Gasteiger partial charge in [0.05, 0.1) is 12.0 Å². The number of carbonyl (C=O) groups excluding carboxylic acids is 3. The second kappa shape index (κ2) is 7.53. The molecule has 2 amide bonds. The molecule has 128 valence electrons. The lowest BCUT2D eigenvalue weighted by Gasteiger charge is -2.19. The van der Waals surface area contributed by atoms with Crippen LogP contribution in [0.1, 0.15) is 18.4 Å². The normalized spacial score (nSPS) is 17.7. The number of non-ortho nitro benzene ring substituents is 1. The van der Waals surface area contributed by atoms with Crippen molar-refractivity contribution in [3.8, 4) is 0 Å². The first kappa shape index (κ1) is 17.4. The Labute approximate surface area is 137 Å². The molecule has 0 unspecified atom stereocenters. The first-order chi connectivity index (χ1) is 11.4. The highest BCUT2D eigenvalue weighted by Crippen LogP contribution is 2.14. The van der Waals surface area contributed by atoms with Gasteiger partial charge in [0.15, 0.2) is 0 Å². The first-order valence-corrected chi connectivity index (χ1v) is 7.31. The predicted octanol–water partition coefficient (Wildman–Crippen LogP) is 0.0737. The van der Waals surface area contributed by atoms with Crippen molar-refractivity contribution in [3.63, 3.8) is 0 Å². The summed E-state index contributed by atoms with van der Waals surface area (Å²) < 4.78 is 4.68. The topological polar surface area (TPSA) is 128 Å². The highest BCUT2D eigenvalue weighted by atomic mass is 16.6. The van der Waals surface area contributed by atoms with Gasteiger partial charge in [-0.15, -0.1) is 0 Å². The van der Waals surface area contributed by atoms with Gasteiger partial charge in [0.25, 0.3) is 5.69 Å². The molecular formula is C15H17N3O6. The molecule has 0 saturated carbocycles. The van der Waals surface area contributed by atoms with Crippen LogP contribution in [0.5, 0.6) is 0 Å². The van der Waals surface area contributed by atoms with Crippen LogP contribution in [-0.2, 0) is 25.5 Å². The van der Waals surface area contributed by atoms with Crippen molar-refractivity contribution < 1.29 is 24.0 Å². The fourth-order valence-electron chi connectivity index (χ4n) is 2.41. The largest absolute Gasteiger partial charge is 0.467 e. The third-order valence-electron chi connectivity index (χ3n) is 3.70. The monoisotopic (exact) mass is 335 g/mol. The van der Waals surface area contributed by atoms with Gasteiger partial charge in [-0.05, 0) is 12.0 Å². The zero-order valence-corrected chi connectivity index (χ0v) is 13.0. The summed E-state index contributed by atoms with van der Waals surface area (Å²) >= 11 is 0. The average molecular weight is 335 g/mol. The molecule has 0 bridgehead atoms. The van der Waals surface area contributed by atoms with E-state index in [4.69, 9.17) is 0 Å². The summed E-state index contributed by atoms with van der Waals surface area (Å²) in [7, 11) is 1.20. The van der Waals surface area contributed by atoms with Crippen LogP contribution in [0.2, 0.25) is 0 Å². The van der Waals surface area contributed by atoms with Crippen LogP contribution in [-0.4, -0.2) is 41.9 Å². The lowest BCUT2D eigenvalue weighted by atomic mass is 10.0. The summed E-state index contributed by atoms with van der Waals surface area (Å²) in [6, 6.07) is 4.06. The van der Waals surface area contributed by atoms with Crippen LogP contribution in [0.3, 0.4) is 0 Å². The second-order valence-corrected chi connectivity index (χ2v) is 5.37. The van der Waals surface area contributed by atoms with E-state index in [-0.39, 0.29) is 24.4 Å². The maximum absolute atomic E-state index is 12.1. The fourth-order valence-corrected chi connectivity index (χ4v) is 2.41. The molecule has 2 N–H and O–H groups in total. The molecule has 0 aromatic heterocycles. The molecule has 2 rings (SSSR count). The molecule has 1 aliphatic heterocycles. The van der Waals surface area contributed by atoms with Gasteiger partial charge in [-0.25, -0.2) is 4.79 Å². The van der Waals surface area contributed by atoms with Crippen molar-refractivity contribution in [2.45, 2.75) is 31.3 Å². The zero-order valence-electron chi connectivity index (χ0n) is 13.0. The second-order valence-electron chi connectivity index (χ2n) is 5.37. The van der Waals surface area contributed by atoms with Gasteiger partial charge in [-0.2, -0.15) is 0 Å². The summed E-state index contributed by atoms with van der Waals surface area (Å²) in [5, 5.41) is 15.7. The minimum atomic E-state index is -0.943. The Kier molecular flexibility index (Phi) is 5.46. The number of rotatable bonds is 6. The number of nitrogens with one attached hydrogen (secondary N) is 2. The number of hydrogen-bond donors (Lipinski definition) is 2. The number of hydrogen-bond acceptors (Lipinski definition) is 6. The van der Waals surface area contributed by atoms with Crippen molar-refractivity contribution in [1.29, 1.82) is 0 Å². The van der Waals surface area contributed by atoms with Gasteiger partial charge in [0.1, 0.15) is 12.1 Å². The lowest BCUT2D eigenvalue weighted by molar-refractivity contribution is -0.384. The molecule has 0 spiro atoms. The summed E-state index contributed by atoms with van der Waals surface area (Å²) in [5.74, 6) is -1.30. The van der Waals surface area contributed by atoms with E-state index in [0.29, 0.717) is 12.0 Å². The van der Waals surface area contributed by atoms with Gasteiger partial charge < -0.3 is 15.4 Å². The lowest BCUT2D eigenvalue weighted by Crippen LogP contribution is -2.49. The van der Waals surface area contributed by atoms with Crippen LogP contribution in [0.4, 0.5) is 5.69 Å². The van der Waals surface area contributed by atoms with Gasteiger partial charge in [-0.1, -0.05) is 12.1 Å². The van der Waals surface area contributed by atoms with Crippen LogP contribution in [0.25, 0.3) is 0 Å². The molecule has 1 aliphatic rings. The number of ether oxygens (including phenoxy) is 1. The number of nitro groups is 1. The summed E-state index contributed by atoms with van der Waals surface area (Å²) in [4.78, 5) is 45.3. The van der Waals surface area contributed by atoms with Crippen LogP contribution >= 0.6 is 0 Å². The molecule has 9 nitrogen and oxygen atoms in total. The number of methoxy groups -OCH3 is 1. The van der Waals surface area contributed by atoms with Crippen molar-refractivity contribution in [1.82, 2.24) is 10.6 Å². The first-order valence-electron chi connectivity index (χ1n) is 7.31. The van der Waals surface area contributed by atoms with E-state index in [1.165, 1.54) is 31.4 Å². The predicted molar refractivity (Wildman–Crippen MR) is 81.9 cm³/mol. The number of nitrogens with zero attached hydrogens (tertiary/aromatic N) is 1. The number of esters is 1. The standard InChI is InChI=1S/C15H17N3O6/c1-24-15(21)12(17-14(20)11-6-7-13(19)16-11)8-9-2-4-10(5-3-9)18(22)23/h2-5,11-12H,6-8H2,1H3,(H,16,19)(H,17,20)/t11-,12+/m0/s1. The Hall–Kier alpha value is -2.97. The Bertz CT molecular complexity index is 658. The third kappa shape index (κ3) is 4.28. The van der Waals surface area contributed by atoms with Crippen molar-refractivity contribution >= 4 is 23.5 Å². The number of amides is 2. The van der Waals surface area contributed by atoms with Crippen LogP contribution < -0.4 is 10.6 Å². The quantitative estimate of drug-likeness (QED) is 0.430. The third-order valence-corrected chi connectivity index (χ3v) is 3.70. The highest BCUT2D eigenvalue weighted by molar-refractivity contribution is 5.93. The van der Waals surface area contributed by atoms with E-state index in [1.807, 2.05) is 0 Å². The van der Waals surface area contributed by atoms with E-state index >= 15 is 0 Å². The molecule has 1 fully saturated rings. The van der Waals surface area contributed by atoms with Gasteiger partial charge in [0, 0.05) is 25.0 Å². The minimum Gasteiger partial charge on any atom is -0.467 e. The summed E-state index contributed by atoms with van der Waals surface area (Å²) in [6.07, 6.45) is 0.760. The van der Waals surface area contributed by atoms with E-state index in [9.17, 15) is 24.5 Å². The molecular weight excluding hydrogens is 318 g/mol. The maximum Gasteiger partial charge on any atom is 0.328 e. The fraction of sp³-hybridized carbons (Fsp3) is 0.400. The zero-order chi connectivity index (χ0) is 17.7. The highest BCUT2D eigenvalue weighted by Gasteiger charge is 2.30. The van der Waals surface area contributed by atoms with E-state index in [1.54, 1.807) is 0 Å². The van der Waals surface area contributed by atoms with E-state index < -0.39 is 28.9 Å². The minimum absolute atomic E-state index is 0.0638. The Morgan fingerprint density at radius 3 is 2.58 bits per heavy atom. The molecule has 1 heterocycles. The molecule has 24 heavy (non-hydrogen) atoms. The van der Waals surface area contributed by atoms with Crippen molar-refractivity contribution in [2.75, 3.05) is 7.11 Å². The van der Waals surface area contributed by atoms with Crippen LogP contribution in [0, 0.1) is 10.1 Å². The maximum atomic E-state index is 12.1. The van der Waals surface area contributed by atoms with E-state index in [2.05, 4.69) is 15.4 Å². The Balaban J connectivity index is 2.05. The van der Waals surface area contributed by atoms with Crippen LogP contribution in [0.15, 0.2) is 24.3 Å². The number of benzene rings is 1. The molecule has 1 aromatic carbocycles. The SMILES string of the molecule is COC(=O)[C@@H](Cc1ccc([N+](=O)[O-])cc1)NC(=O)[C@@H]1CCC(=O)N1. The van der Waals surface area contributed by atoms with Gasteiger partial charge >= 0.3 is 5.97 Å². The number of carbonyl (C=O) groups is 3. The average Bonchev–Trinajstić information content (AvgIpc) is 3.00. The van der Waals surface area contributed by atoms with Crippen molar-refractivity contribution in [3.05, 3.63) is 39.9 Å². The number of nitro benzene ring substituents is 1. The molecule has 1 saturated heterocycles. The molecule has 9 heteroatoms. The Morgan fingerprint density at radius 1 is 1.42 bits per heavy atom. The van der Waals surface area contributed by atoms with E-state index in [0.717, 1.165) is 0 Å². The van der Waals surface area contributed by atoms with Crippen molar-refractivity contribution in [2.24, 2.45) is 0 Å². The smallest absolute Gasteiger partial charge is 0.328 e. The van der Waals surface area contributed by atoms with Gasteiger partial charge in [0.2, 0.25) is 11.8 Å².